The van der Waals surface area contributed by atoms with Gasteiger partial charge in [0, 0.05) is 24.7 Å². The van der Waals surface area contributed by atoms with Crippen molar-refractivity contribution < 1.29 is 4.74 Å². The van der Waals surface area contributed by atoms with Gasteiger partial charge in [-0.3, -0.25) is 0 Å². The van der Waals surface area contributed by atoms with Gasteiger partial charge in [-0.15, -0.1) is 0 Å². The summed E-state index contributed by atoms with van der Waals surface area (Å²) in [5.74, 6) is 1.67. The maximum atomic E-state index is 5.95. The summed E-state index contributed by atoms with van der Waals surface area (Å²) in [5.41, 5.74) is 1.23. The molecule has 0 spiro atoms. The van der Waals surface area contributed by atoms with Crippen molar-refractivity contribution in [2.75, 3.05) is 26.7 Å². The zero-order valence-corrected chi connectivity index (χ0v) is 13.6. The van der Waals surface area contributed by atoms with Crippen LogP contribution in [0.3, 0.4) is 0 Å². The van der Waals surface area contributed by atoms with Crippen LogP contribution < -0.4 is 10.1 Å². The Kier molecular flexibility index (Phi) is 7.63. The van der Waals surface area contributed by atoms with Gasteiger partial charge < -0.3 is 15.0 Å². The number of hydrogen-bond acceptors (Lipinski definition) is 3. The van der Waals surface area contributed by atoms with E-state index in [1.54, 1.807) is 0 Å². The van der Waals surface area contributed by atoms with Crippen molar-refractivity contribution in [3.05, 3.63) is 29.8 Å². The van der Waals surface area contributed by atoms with Gasteiger partial charge in [-0.05, 0) is 32.5 Å². The number of rotatable bonds is 9. The Morgan fingerprint density at radius 2 is 1.90 bits per heavy atom. The molecule has 20 heavy (non-hydrogen) atoms. The summed E-state index contributed by atoms with van der Waals surface area (Å²) in [6, 6.07) is 8.85. The summed E-state index contributed by atoms with van der Waals surface area (Å²) in [6.07, 6.45) is 0. The first-order valence-electron chi connectivity index (χ1n) is 7.67. The van der Waals surface area contributed by atoms with Crippen LogP contribution >= 0.6 is 0 Å². The van der Waals surface area contributed by atoms with E-state index in [9.17, 15) is 0 Å². The van der Waals surface area contributed by atoms with Crippen LogP contribution in [0.25, 0.3) is 0 Å². The van der Waals surface area contributed by atoms with Gasteiger partial charge in [0.2, 0.25) is 0 Å². The van der Waals surface area contributed by atoms with Gasteiger partial charge in [-0.1, -0.05) is 39.0 Å². The van der Waals surface area contributed by atoms with Gasteiger partial charge in [-0.2, -0.15) is 0 Å². The molecule has 0 aromatic heterocycles. The van der Waals surface area contributed by atoms with Crippen LogP contribution in [0.4, 0.5) is 0 Å². The minimum Gasteiger partial charge on any atom is -0.492 e. The predicted octanol–water partition coefficient (Wildman–Crippen LogP) is 3.15. The molecular formula is C17H30N2O. The molecule has 3 heteroatoms. The summed E-state index contributed by atoms with van der Waals surface area (Å²) in [7, 11) is 2.17. The normalized spacial score (nSPS) is 12.9. The van der Waals surface area contributed by atoms with E-state index in [1.165, 1.54) is 5.56 Å². The fourth-order valence-corrected chi connectivity index (χ4v) is 2.06. The molecule has 1 unspecified atom stereocenters. The lowest BCUT2D eigenvalue weighted by molar-refractivity contribution is 0.169. The predicted molar refractivity (Wildman–Crippen MR) is 86.2 cm³/mol. The number of likely N-dealkylation sites (N-methyl/N-ethyl adjacent to an activating group) is 1. The van der Waals surface area contributed by atoms with Gasteiger partial charge in [0.25, 0.3) is 0 Å². The molecule has 0 saturated carbocycles. The molecule has 1 aromatic rings. The van der Waals surface area contributed by atoms with Crippen molar-refractivity contribution in [2.24, 2.45) is 5.92 Å². The van der Waals surface area contributed by atoms with Crippen molar-refractivity contribution in [2.45, 2.75) is 40.3 Å². The molecule has 0 heterocycles. The fourth-order valence-electron chi connectivity index (χ4n) is 2.06. The second-order valence-corrected chi connectivity index (χ2v) is 5.70. The molecule has 1 rings (SSSR count). The zero-order valence-electron chi connectivity index (χ0n) is 13.6. The quantitative estimate of drug-likeness (QED) is 0.751. The number of hydrogen-bond donors (Lipinski definition) is 1. The fraction of sp³-hybridized carbons (Fsp3) is 0.647. The van der Waals surface area contributed by atoms with Crippen LogP contribution in [-0.4, -0.2) is 37.7 Å². The topological polar surface area (TPSA) is 24.5 Å². The van der Waals surface area contributed by atoms with Crippen molar-refractivity contribution in [3.63, 3.8) is 0 Å². The highest BCUT2D eigenvalue weighted by Crippen LogP contribution is 2.17. The summed E-state index contributed by atoms with van der Waals surface area (Å²) < 4.78 is 5.95. The van der Waals surface area contributed by atoms with E-state index in [0.717, 1.165) is 32.0 Å². The Hall–Kier alpha value is -1.06. The summed E-state index contributed by atoms with van der Waals surface area (Å²) in [4.78, 5) is 2.36. The SMILES string of the molecule is CCNCc1ccccc1OCCN(C)C(C)C(C)C. The van der Waals surface area contributed by atoms with Crippen LogP contribution in [0.1, 0.15) is 33.3 Å². The molecule has 0 aliphatic rings. The smallest absolute Gasteiger partial charge is 0.123 e. The van der Waals surface area contributed by atoms with E-state index >= 15 is 0 Å². The molecule has 0 aliphatic heterocycles. The Labute approximate surface area is 124 Å². The van der Waals surface area contributed by atoms with Gasteiger partial charge in [0.15, 0.2) is 0 Å². The minimum atomic E-state index is 0.579. The number of nitrogens with one attached hydrogen (secondary N) is 1. The van der Waals surface area contributed by atoms with Gasteiger partial charge in [0.1, 0.15) is 12.4 Å². The molecule has 0 aliphatic carbocycles. The summed E-state index contributed by atoms with van der Waals surface area (Å²) >= 11 is 0. The Morgan fingerprint density at radius 1 is 1.20 bits per heavy atom. The third-order valence-corrected chi connectivity index (χ3v) is 3.90. The molecule has 0 saturated heterocycles. The van der Waals surface area contributed by atoms with Crippen molar-refractivity contribution in [1.29, 1.82) is 0 Å². The second kappa shape index (κ2) is 8.98. The third kappa shape index (κ3) is 5.51. The number of para-hydroxylation sites is 1. The monoisotopic (exact) mass is 278 g/mol. The van der Waals surface area contributed by atoms with Crippen molar-refractivity contribution in [3.8, 4) is 5.75 Å². The first-order chi connectivity index (χ1) is 9.56. The maximum Gasteiger partial charge on any atom is 0.123 e. The summed E-state index contributed by atoms with van der Waals surface area (Å²) in [5, 5.41) is 3.35. The highest BCUT2D eigenvalue weighted by Gasteiger charge is 2.12. The van der Waals surface area contributed by atoms with E-state index < -0.39 is 0 Å². The third-order valence-electron chi connectivity index (χ3n) is 3.90. The molecule has 0 radical (unpaired) electrons. The minimum absolute atomic E-state index is 0.579. The largest absolute Gasteiger partial charge is 0.492 e. The molecule has 1 N–H and O–H groups in total. The van der Waals surface area contributed by atoms with Crippen LogP contribution in [0, 0.1) is 5.92 Å². The number of nitrogens with zero attached hydrogens (tertiary/aromatic N) is 1. The number of ether oxygens (including phenoxy) is 1. The summed E-state index contributed by atoms with van der Waals surface area (Å²) in [6.45, 7) is 12.4. The lowest BCUT2D eigenvalue weighted by atomic mass is 10.1. The zero-order chi connectivity index (χ0) is 15.0. The van der Waals surface area contributed by atoms with Gasteiger partial charge >= 0.3 is 0 Å². The molecule has 3 nitrogen and oxygen atoms in total. The van der Waals surface area contributed by atoms with E-state index in [-0.39, 0.29) is 0 Å². The lowest BCUT2D eigenvalue weighted by Gasteiger charge is -2.27. The molecule has 0 fully saturated rings. The van der Waals surface area contributed by atoms with Gasteiger partial charge in [0.05, 0.1) is 0 Å². The maximum absolute atomic E-state index is 5.95. The lowest BCUT2D eigenvalue weighted by Crippen LogP contribution is -2.36. The molecule has 1 atom stereocenters. The molecule has 114 valence electrons. The van der Waals surface area contributed by atoms with Crippen molar-refractivity contribution in [1.82, 2.24) is 10.2 Å². The van der Waals surface area contributed by atoms with E-state index in [0.29, 0.717) is 12.0 Å². The highest BCUT2D eigenvalue weighted by atomic mass is 16.5. The van der Waals surface area contributed by atoms with Crippen molar-refractivity contribution >= 4 is 0 Å². The van der Waals surface area contributed by atoms with Gasteiger partial charge in [-0.25, -0.2) is 0 Å². The average molecular weight is 278 g/mol. The Balaban J connectivity index is 2.45. The van der Waals surface area contributed by atoms with E-state index in [4.69, 9.17) is 4.74 Å². The average Bonchev–Trinajstić information content (AvgIpc) is 2.45. The van der Waals surface area contributed by atoms with E-state index in [1.807, 2.05) is 6.07 Å². The standard InChI is InChI=1S/C17H30N2O/c1-6-18-13-16-9-7-8-10-17(16)20-12-11-19(5)15(4)14(2)3/h7-10,14-15,18H,6,11-13H2,1-5H3. The number of benzene rings is 1. The molecule has 0 amide bonds. The first-order valence-corrected chi connectivity index (χ1v) is 7.67. The van der Waals surface area contributed by atoms with Crippen LogP contribution in [0.5, 0.6) is 5.75 Å². The van der Waals surface area contributed by atoms with Crippen LogP contribution in [0.2, 0.25) is 0 Å². The second-order valence-electron chi connectivity index (χ2n) is 5.70. The molecular weight excluding hydrogens is 248 g/mol. The van der Waals surface area contributed by atoms with Crippen LogP contribution in [0.15, 0.2) is 24.3 Å². The first kappa shape index (κ1) is 17.0. The Bertz CT molecular complexity index is 379. The molecule has 0 bridgehead atoms. The van der Waals surface area contributed by atoms with Crippen LogP contribution in [-0.2, 0) is 6.54 Å². The van der Waals surface area contributed by atoms with E-state index in [2.05, 4.69) is 63.2 Å². The molecule has 1 aromatic carbocycles. The highest BCUT2D eigenvalue weighted by molar-refractivity contribution is 5.33. The Morgan fingerprint density at radius 3 is 2.55 bits per heavy atom.